The van der Waals surface area contributed by atoms with Gasteiger partial charge in [0.1, 0.15) is 17.6 Å². The molecule has 1 N–H and O–H groups in total. The molecule has 0 aliphatic rings. The van der Waals surface area contributed by atoms with E-state index >= 15 is 0 Å². The van der Waals surface area contributed by atoms with Gasteiger partial charge in [-0.25, -0.2) is 0 Å². The molecule has 0 aromatic heterocycles. The van der Waals surface area contributed by atoms with Crippen molar-refractivity contribution in [1.82, 2.24) is 0 Å². The van der Waals surface area contributed by atoms with Crippen LogP contribution in [0.2, 0.25) is 0 Å². The Morgan fingerprint density at radius 1 is 1.03 bits per heavy atom. The van der Waals surface area contributed by atoms with Crippen LogP contribution in [0.1, 0.15) is 54.5 Å². The minimum Gasteiger partial charge on any atom is -0.508 e. The summed E-state index contributed by atoms with van der Waals surface area (Å²) in [6.07, 6.45) is 3.04. The summed E-state index contributed by atoms with van der Waals surface area (Å²) in [7, 11) is 0. The second-order valence-corrected chi connectivity index (χ2v) is 7.41. The number of phenolic OH excluding ortho intramolecular Hbond substituents is 1. The van der Waals surface area contributed by atoms with Crippen LogP contribution >= 0.6 is 0 Å². The van der Waals surface area contributed by atoms with Gasteiger partial charge in [-0.15, -0.1) is 0 Å². The quantitative estimate of drug-likeness (QED) is 0.483. The molecular formula is C26H27NO2. The average molecular weight is 386 g/mol. The minimum atomic E-state index is -0.0581. The second kappa shape index (κ2) is 9.30. The minimum absolute atomic E-state index is 0.0581. The number of benzene rings is 3. The molecule has 1 unspecified atom stereocenters. The third-order valence-corrected chi connectivity index (χ3v) is 5.31. The SMILES string of the molecule is CCCCC(Oc1ccc(O)c(C)c1)c1cccc(-c2ccc(C#N)cc2)c1C. The van der Waals surface area contributed by atoms with Crippen LogP contribution in [0.5, 0.6) is 11.5 Å². The van der Waals surface area contributed by atoms with E-state index < -0.39 is 0 Å². The summed E-state index contributed by atoms with van der Waals surface area (Å²) in [4.78, 5) is 0. The largest absolute Gasteiger partial charge is 0.508 e. The van der Waals surface area contributed by atoms with Crippen molar-refractivity contribution in [2.24, 2.45) is 0 Å². The molecule has 0 fully saturated rings. The molecule has 148 valence electrons. The Morgan fingerprint density at radius 2 is 1.79 bits per heavy atom. The highest BCUT2D eigenvalue weighted by Crippen LogP contribution is 2.34. The van der Waals surface area contributed by atoms with Crippen LogP contribution in [-0.4, -0.2) is 5.11 Å². The summed E-state index contributed by atoms with van der Waals surface area (Å²) in [5.74, 6) is 1.05. The number of aryl methyl sites for hydroxylation is 1. The predicted molar refractivity (Wildman–Crippen MR) is 117 cm³/mol. The van der Waals surface area contributed by atoms with Crippen molar-refractivity contribution in [2.75, 3.05) is 0 Å². The molecule has 3 aromatic rings. The first kappa shape index (κ1) is 20.5. The topological polar surface area (TPSA) is 53.2 Å². The van der Waals surface area contributed by atoms with Gasteiger partial charge in [-0.05, 0) is 84.8 Å². The van der Waals surface area contributed by atoms with E-state index in [2.05, 4.69) is 38.1 Å². The molecule has 0 bridgehead atoms. The zero-order chi connectivity index (χ0) is 20.8. The fourth-order valence-electron chi connectivity index (χ4n) is 3.57. The third-order valence-electron chi connectivity index (χ3n) is 5.31. The maximum absolute atomic E-state index is 9.80. The van der Waals surface area contributed by atoms with E-state index in [-0.39, 0.29) is 11.9 Å². The van der Waals surface area contributed by atoms with Crippen LogP contribution in [0, 0.1) is 25.2 Å². The summed E-state index contributed by atoms with van der Waals surface area (Å²) in [5.41, 5.74) is 6.08. The van der Waals surface area contributed by atoms with Gasteiger partial charge in [-0.3, -0.25) is 0 Å². The van der Waals surface area contributed by atoms with Gasteiger partial charge in [0.2, 0.25) is 0 Å². The zero-order valence-electron chi connectivity index (χ0n) is 17.3. The lowest BCUT2D eigenvalue weighted by atomic mass is 9.92. The first-order valence-corrected chi connectivity index (χ1v) is 10.1. The molecule has 3 rings (SSSR count). The monoisotopic (exact) mass is 385 g/mol. The molecule has 0 heterocycles. The molecule has 0 saturated heterocycles. The van der Waals surface area contributed by atoms with Gasteiger partial charge in [-0.1, -0.05) is 43.7 Å². The Kier molecular flexibility index (Phi) is 6.57. The smallest absolute Gasteiger partial charge is 0.124 e. The van der Waals surface area contributed by atoms with E-state index in [1.54, 1.807) is 6.07 Å². The summed E-state index contributed by atoms with van der Waals surface area (Å²) >= 11 is 0. The Balaban J connectivity index is 1.96. The third kappa shape index (κ3) is 4.78. The first-order valence-electron chi connectivity index (χ1n) is 10.1. The number of nitriles is 1. The Morgan fingerprint density at radius 3 is 2.45 bits per heavy atom. The van der Waals surface area contributed by atoms with Gasteiger partial charge < -0.3 is 9.84 Å². The Hall–Kier alpha value is -3.25. The van der Waals surface area contributed by atoms with E-state index in [0.717, 1.165) is 41.7 Å². The van der Waals surface area contributed by atoms with Gasteiger partial charge in [0.25, 0.3) is 0 Å². The van der Waals surface area contributed by atoms with Gasteiger partial charge in [0, 0.05) is 0 Å². The molecule has 0 spiro atoms. The first-order chi connectivity index (χ1) is 14.0. The van der Waals surface area contributed by atoms with Crippen LogP contribution in [0.25, 0.3) is 11.1 Å². The van der Waals surface area contributed by atoms with Gasteiger partial charge in [-0.2, -0.15) is 5.26 Å². The second-order valence-electron chi connectivity index (χ2n) is 7.41. The van der Waals surface area contributed by atoms with Crippen molar-refractivity contribution < 1.29 is 9.84 Å². The fraction of sp³-hybridized carbons (Fsp3) is 0.269. The van der Waals surface area contributed by atoms with Gasteiger partial charge >= 0.3 is 0 Å². The van der Waals surface area contributed by atoms with E-state index in [0.29, 0.717) is 5.56 Å². The number of ether oxygens (including phenoxy) is 1. The highest BCUT2D eigenvalue weighted by atomic mass is 16.5. The van der Waals surface area contributed by atoms with Crippen LogP contribution in [0.3, 0.4) is 0 Å². The predicted octanol–water partition coefficient (Wildman–Crippen LogP) is 6.86. The molecular weight excluding hydrogens is 358 g/mol. The lowest BCUT2D eigenvalue weighted by molar-refractivity contribution is 0.190. The van der Waals surface area contributed by atoms with Crippen molar-refractivity contribution in [3.05, 3.63) is 82.9 Å². The lowest BCUT2D eigenvalue weighted by Crippen LogP contribution is -2.10. The number of unbranched alkanes of at least 4 members (excludes halogenated alkanes) is 1. The molecule has 0 amide bonds. The van der Waals surface area contributed by atoms with Gasteiger partial charge in [0.05, 0.1) is 11.6 Å². The van der Waals surface area contributed by atoms with Crippen LogP contribution in [0.4, 0.5) is 0 Å². The van der Waals surface area contributed by atoms with Crippen LogP contribution < -0.4 is 4.74 Å². The molecule has 0 aliphatic heterocycles. The van der Waals surface area contributed by atoms with E-state index in [1.807, 2.05) is 43.3 Å². The zero-order valence-corrected chi connectivity index (χ0v) is 17.3. The fourth-order valence-corrected chi connectivity index (χ4v) is 3.57. The summed E-state index contributed by atoms with van der Waals surface area (Å²) in [6, 6.07) is 21.6. The molecule has 0 saturated carbocycles. The molecule has 0 aliphatic carbocycles. The number of hydrogen-bond donors (Lipinski definition) is 1. The summed E-state index contributed by atoms with van der Waals surface area (Å²) in [6.45, 7) is 6.19. The van der Waals surface area contributed by atoms with Crippen LogP contribution in [-0.2, 0) is 0 Å². The summed E-state index contributed by atoms with van der Waals surface area (Å²) < 4.78 is 6.39. The molecule has 3 nitrogen and oxygen atoms in total. The molecule has 29 heavy (non-hydrogen) atoms. The van der Waals surface area contributed by atoms with Crippen molar-refractivity contribution in [2.45, 2.75) is 46.1 Å². The Bertz CT molecular complexity index is 1020. The standard InChI is InChI=1S/C26H27NO2/c1-4-5-9-26(29-22-14-15-25(28)18(2)16-22)24-8-6-7-23(19(24)3)21-12-10-20(17-27)11-13-21/h6-8,10-16,26,28H,4-5,9H2,1-3H3. The normalized spacial score (nSPS) is 11.7. The van der Waals surface area contributed by atoms with Crippen LogP contribution in [0.15, 0.2) is 60.7 Å². The molecule has 0 radical (unpaired) electrons. The van der Waals surface area contributed by atoms with E-state index in [1.165, 1.54) is 11.1 Å². The number of rotatable bonds is 7. The highest BCUT2D eigenvalue weighted by Gasteiger charge is 2.18. The van der Waals surface area contributed by atoms with Crippen molar-refractivity contribution in [3.63, 3.8) is 0 Å². The maximum Gasteiger partial charge on any atom is 0.124 e. The Labute approximate surface area is 173 Å². The van der Waals surface area contributed by atoms with Gasteiger partial charge in [0.15, 0.2) is 0 Å². The van der Waals surface area contributed by atoms with E-state index in [4.69, 9.17) is 10.00 Å². The van der Waals surface area contributed by atoms with Crippen molar-refractivity contribution in [1.29, 1.82) is 5.26 Å². The molecule has 3 aromatic carbocycles. The number of aromatic hydroxyl groups is 1. The maximum atomic E-state index is 9.80. The molecule has 1 atom stereocenters. The molecule has 3 heteroatoms. The average Bonchev–Trinajstić information content (AvgIpc) is 2.74. The number of hydrogen-bond acceptors (Lipinski definition) is 3. The lowest BCUT2D eigenvalue weighted by Gasteiger charge is -2.23. The number of phenols is 1. The van der Waals surface area contributed by atoms with Crippen molar-refractivity contribution >= 4 is 0 Å². The highest BCUT2D eigenvalue weighted by molar-refractivity contribution is 5.69. The summed E-state index contributed by atoms with van der Waals surface area (Å²) in [5, 5.41) is 18.9. The number of nitrogens with zero attached hydrogens (tertiary/aromatic N) is 1. The van der Waals surface area contributed by atoms with E-state index in [9.17, 15) is 5.11 Å². The van der Waals surface area contributed by atoms with Crippen molar-refractivity contribution in [3.8, 4) is 28.7 Å².